The van der Waals surface area contributed by atoms with Crippen LogP contribution in [0.1, 0.15) is 55.5 Å². The van der Waals surface area contributed by atoms with Gasteiger partial charge in [0.15, 0.2) is 0 Å². The highest BCUT2D eigenvalue weighted by Crippen LogP contribution is 2.32. The molecule has 0 unspecified atom stereocenters. The molecule has 0 saturated carbocycles. The highest BCUT2D eigenvalue weighted by molar-refractivity contribution is 5.94. The Morgan fingerprint density at radius 1 is 1.41 bits per heavy atom. The topological polar surface area (TPSA) is 56.6 Å². The number of hydrogen-bond acceptors (Lipinski definition) is 4. The van der Waals surface area contributed by atoms with E-state index in [1.807, 2.05) is 32.6 Å². The second-order valence-electron chi connectivity index (χ2n) is 5.70. The molecule has 6 nitrogen and oxygen atoms in total. The molecule has 124 valence electrons. The van der Waals surface area contributed by atoms with Crippen LogP contribution in [-0.4, -0.2) is 53.5 Å². The molecule has 0 saturated heterocycles. The largest absolute Gasteiger partial charge is 0.383 e. The summed E-state index contributed by atoms with van der Waals surface area (Å²) in [5.74, 6) is 0.0520. The number of hydrogen-bond donors (Lipinski definition) is 0. The van der Waals surface area contributed by atoms with Crippen molar-refractivity contribution in [3.05, 3.63) is 17.0 Å². The van der Waals surface area contributed by atoms with Crippen molar-refractivity contribution >= 4 is 5.91 Å². The number of amides is 1. The molecule has 1 aliphatic rings. The Morgan fingerprint density at radius 2 is 2.09 bits per heavy atom. The fourth-order valence-electron chi connectivity index (χ4n) is 3.03. The maximum Gasteiger partial charge on any atom is 0.272 e. The summed E-state index contributed by atoms with van der Waals surface area (Å²) < 4.78 is 12.8. The van der Waals surface area contributed by atoms with E-state index in [2.05, 4.69) is 5.10 Å². The average Bonchev–Trinajstić information content (AvgIpc) is 2.84. The fourth-order valence-corrected chi connectivity index (χ4v) is 3.03. The molecule has 1 aliphatic heterocycles. The molecule has 0 aromatic carbocycles. The Kier molecular flexibility index (Phi) is 5.58. The maximum absolute atomic E-state index is 12.9. The summed E-state index contributed by atoms with van der Waals surface area (Å²) in [4.78, 5) is 14.8. The van der Waals surface area contributed by atoms with Gasteiger partial charge in [-0.3, -0.25) is 9.48 Å². The third-order valence-corrected chi connectivity index (χ3v) is 4.16. The molecule has 22 heavy (non-hydrogen) atoms. The van der Waals surface area contributed by atoms with Crippen LogP contribution in [-0.2, 0) is 22.4 Å². The predicted octanol–water partition coefficient (Wildman–Crippen LogP) is 2.03. The Hall–Kier alpha value is -1.40. The van der Waals surface area contributed by atoms with Crippen molar-refractivity contribution in [2.45, 2.75) is 52.9 Å². The van der Waals surface area contributed by atoms with Crippen molar-refractivity contribution in [1.29, 1.82) is 0 Å². The van der Waals surface area contributed by atoms with Crippen LogP contribution in [0.3, 0.4) is 0 Å². The van der Waals surface area contributed by atoms with Gasteiger partial charge in [0.05, 0.1) is 31.1 Å². The van der Waals surface area contributed by atoms with Gasteiger partial charge in [0.25, 0.3) is 5.91 Å². The second kappa shape index (κ2) is 7.24. The molecule has 2 atom stereocenters. The number of rotatable bonds is 6. The van der Waals surface area contributed by atoms with Crippen molar-refractivity contribution in [2.75, 3.05) is 26.8 Å². The molecule has 0 N–H and O–H groups in total. The normalized spacial score (nSPS) is 20.8. The lowest BCUT2D eigenvalue weighted by atomic mass is 9.99. The zero-order chi connectivity index (χ0) is 16.3. The molecule has 0 spiro atoms. The molecule has 1 aromatic heterocycles. The standard InChI is InChI=1S/C16H27N3O3/c1-6-18(7-2)16(20)15-13-10-11(3)22-12(4)14(13)17-19(15)8-9-21-5/h11-12H,6-10H2,1-5H3/t11-,12+/m1/s1. The summed E-state index contributed by atoms with van der Waals surface area (Å²) in [5, 5.41) is 4.64. The third kappa shape index (κ3) is 3.17. The highest BCUT2D eigenvalue weighted by atomic mass is 16.5. The Morgan fingerprint density at radius 3 is 2.68 bits per heavy atom. The number of fused-ring (bicyclic) bond motifs is 1. The van der Waals surface area contributed by atoms with Crippen molar-refractivity contribution < 1.29 is 14.3 Å². The van der Waals surface area contributed by atoms with Gasteiger partial charge in [0.1, 0.15) is 5.69 Å². The first-order chi connectivity index (χ1) is 10.5. The molecule has 1 aromatic rings. The number of nitrogens with zero attached hydrogens (tertiary/aromatic N) is 3. The number of methoxy groups -OCH3 is 1. The van der Waals surface area contributed by atoms with Gasteiger partial charge < -0.3 is 14.4 Å². The van der Waals surface area contributed by atoms with Gasteiger partial charge in [-0.1, -0.05) is 0 Å². The number of carbonyl (C=O) groups excluding carboxylic acids is 1. The van der Waals surface area contributed by atoms with E-state index in [9.17, 15) is 4.79 Å². The van der Waals surface area contributed by atoms with Gasteiger partial charge in [0.2, 0.25) is 0 Å². The van der Waals surface area contributed by atoms with Gasteiger partial charge in [-0.05, 0) is 27.7 Å². The quantitative estimate of drug-likeness (QED) is 0.807. The molecule has 0 aliphatic carbocycles. The Labute approximate surface area is 132 Å². The van der Waals surface area contributed by atoms with E-state index in [1.54, 1.807) is 11.8 Å². The van der Waals surface area contributed by atoms with Gasteiger partial charge in [-0.15, -0.1) is 0 Å². The zero-order valence-electron chi connectivity index (χ0n) is 14.3. The number of ether oxygens (including phenoxy) is 2. The van der Waals surface area contributed by atoms with E-state index in [1.165, 1.54) is 0 Å². The van der Waals surface area contributed by atoms with Crippen LogP contribution in [0.2, 0.25) is 0 Å². The monoisotopic (exact) mass is 309 g/mol. The number of carbonyl (C=O) groups is 1. The van der Waals surface area contributed by atoms with Crippen LogP contribution >= 0.6 is 0 Å². The average molecular weight is 309 g/mol. The van der Waals surface area contributed by atoms with E-state index < -0.39 is 0 Å². The highest BCUT2D eigenvalue weighted by Gasteiger charge is 2.33. The molecule has 6 heteroatoms. The van der Waals surface area contributed by atoms with Crippen LogP contribution in [0.5, 0.6) is 0 Å². The van der Waals surface area contributed by atoms with Crippen LogP contribution in [0.25, 0.3) is 0 Å². The molecule has 0 bridgehead atoms. The minimum absolute atomic E-state index is 0.0520. The van der Waals surface area contributed by atoms with Crippen molar-refractivity contribution in [1.82, 2.24) is 14.7 Å². The van der Waals surface area contributed by atoms with E-state index in [-0.39, 0.29) is 18.1 Å². The van der Waals surface area contributed by atoms with Gasteiger partial charge >= 0.3 is 0 Å². The summed E-state index contributed by atoms with van der Waals surface area (Å²) in [7, 11) is 1.66. The second-order valence-corrected chi connectivity index (χ2v) is 5.70. The van der Waals surface area contributed by atoms with Crippen LogP contribution in [0.4, 0.5) is 0 Å². The molecule has 0 radical (unpaired) electrons. The summed E-state index contributed by atoms with van der Waals surface area (Å²) in [6.45, 7) is 10.5. The van der Waals surface area contributed by atoms with Crippen LogP contribution < -0.4 is 0 Å². The van der Waals surface area contributed by atoms with Crippen LogP contribution in [0, 0.1) is 0 Å². The van der Waals surface area contributed by atoms with E-state index in [4.69, 9.17) is 9.47 Å². The molecule has 2 rings (SSSR count). The SMILES string of the molecule is CCN(CC)C(=O)c1c2c(nn1CCOC)[C@H](C)O[C@H](C)C2. The molecule has 1 amide bonds. The lowest BCUT2D eigenvalue weighted by Crippen LogP contribution is -2.34. The zero-order valence-corrected chi connectivity index (χ0v) is 14.3. The van der Waals surface area contributed by atoms with Gasteiger partial charge in [0, 0.05) is 32.2 Å². The third-order valence-electron chi connectivity index (χ3n) is 4.16. The Bertz CT molecular complexity index is 523. The number of aromatic nitrogens is 2. The summed E-state index contributed by atoms with van der Waals surface area (Å²) >= 11 is 0. The maximum atomic E-state index is 12.9. The lowest BCUT2D eigenvalue weighted by Gasteiger charge is -2.26. The smallest absolute Gasteiger partial charge is 0.272 e. The summed E-state index contributed by atoms with van der Waals surface area (Å²) in [5.41, 5.74) is 2.64. The van der Waals surface area contributed by atoms with Gasteiger partial charge in [-0.2, -0.15) is 5.10 Å². The van der Waals surface area contributed by atoms with Crippen LogP contribution in [0.15, 0.2) is 0 Å². The molecular formula is C16H27N3O3. The fraction of sp³-hybridized carbons (Fsp3) is 0.750. The predicted molar refractivity (Wildman–Crippen MR) is 84.0 cm³/mol. The van der Waals surface area contributed by atoms with Crippen molar-refractivity contribution in [3.63, 3.8) is 0 Å². The van der Waals surface area contributed by atoms with E-state index in [0.29, 0.717) is 31.9 Å². The summed E-state index contributed by atoms with van der Waals surface area (Å²) in [6.07, 6.45) is 0.756. The molecule has 0 fully saturated rings. The summed E-state index contributed by atoms with van der Waals surface area (Å²) in [6, 6.07) is 0. The van der Waals surface area contributed by atoms with Crippen molar-refractivity contribution in [2.24, 2.45) is 0 Å². The van der Waals surface area contributed by atoms with E-state index in [0.717, 1.165) is 17.7 Å². The first kappa shape index (κ1) is 17.0. The molecule has 2 heterocycles. The molecular weight excluding hydrogens is 282 g/mol. The first-order valence-corrected chi connectivity index (χ1v) is 8.06. The van der Waals surface area contributed by atoms with Crippen molar-refractivity contribution in [3.8, 4) is 0 Å². The minimum Gasteiger partial charge on any atom is -0.383 e. The lowest BCUT2D eigenvalue weighted by molar-refractivity contribution is -0.00720. The Balaban J connectivity index is 2.46. The van der Waals surface area contributed by atoms with Gasteiger partial charge in [-0.25, -0.2) is 0 Å². The minimum atomic E-state index is -0.0780. The first-order valence-electron chi connectivity index (χ1n) is 8.06. The van der Waals surface area contributed by atoms with E-state index >= 15 is 0 Å².